The van der Waals surface area contributed by atoms with Gasteiger partial charge in [0.15, 0.2) is 0 Å². The van der Waals surface area contributed by atoms with Crippen LogP contribution in [0, 0.1) is 5.92 Å². The van der Waals surface area contributed by atoms with Crippen molar-refractivity contribution in [1.82, 2.24) is 10.2 Å². The third kappa shape index (κ3) is 6.37. The topological polar surface area (TPSA) is 111 Å². The van der Waals surface area contributed by atoms with Gasteiger partial charge in [0.1, 0.15) is 11.5 Å². The van der Waals surface area contributed by atoms with E-state index in [0.29, 0.717) is 37.1 Å². The lowest BCUT2D eigenvalue weighted by Gasteiger charge is -2.22. The molecule has 1 saturated heterocycles. The van der Waals surface area contributed by atoms with Crippen LogP contribution in [-0.2, 0) is 4.79 Å². The average Bonchev–Trinajstić information content (AvgIpc) is 3.17. The Kier molecular flexibility index (Phi) is 8.30. The van der Waals surface area contributed by atoms with Crippen LogP contribution in [0.25, 0.3) is 0 Å². The predicted molar refractivity (Wildman–Crippen MR) is 114 cm³/mol. The normalized spacial score (nSPS) is 16.6. The highest BCUT2D eigenvalue weighted by molar-refractivity contribution is 5.85. The number of para-hydroxylation sites is 1. The lowest BCUT2D eigenvalue weighted by atomic mass is 10.0. The number of halogens is 1. The number of amides is 3. The van der Waals surface area contributed by atoms with E-state index in [-0.39, 0.29) is 24.7 Å². The summed E-state index contributed by atoms with van der Waals surface area (Å²) in [7, 11) is 0. The molecule has 2 unspecified atom stereocenters. The number of nitrogens with one attached hydrogen (secondary N) is 1. The first-order valence-electron chi connectivity index (χ1n) is 9.42. The molecule has 0 saturated carbocycles. The summed E-state index contributed by atoms with van der Waals surface area (Å²) in [6.45, 7) is 1.93. The molecule has 2 aromatic carbocycles. The van der Waals surface area contributed by atoms with Gasteiger partial charge in [-0.05, 0) is 48.7 Å². The van der Waals surface area contributed by atoms with Crippen molar-refractivity contribution in [3.8, 4) is 11.5 Å². The number of hydrogen-bond acceptors (Lipinski definition) is 4. The maximum atomic E-state index is 12.7. The third-order valence-corrected chi connectivity index (χ3v) is 4.91. The van der Waals surface area contributed by atoms with Gasteiger partial charge in [-0.2, -0.15) is 0 Å². The Balaban J connectivity index is 0.00000300. The highest BCUT2D eigenvalue weighted by Gasteiger charge is 2.28. The summed E-state index contributed by atoms with van der Waals surface area (Å²) in [6.07, 6.45) is 1.05. The summed E-state index contributed by atoms with van der Waals surface area (Å²) in [5.74, 6) is 1.65. The maximum absolute atomic E-state index is 12.7. The van der Waals surface area contributed by atoms with Crippen LogP contribution < -0.4 is 21.5 Å². The van der Waals surface area contributed by atoms with Gasteiger partial charge >= 0.3 is 6.03 Å². The summed E-state index contributed by atoms with van der Waals surface area (Å²) < 4.78 is 5.85. The molecule has 156 valence electrons. The quantitative estimate of drug-likeness (QED) is 0.641. The van der Waals surface area contributed by atoms with E-state index >= 15 is 0 Å². The monoisotopic (exact) mass is 418 g/mol. The van der Waals surface area contributed by atoms with Crippen LogP contribution >= 0.6 is 12.4 Å². The molecule has 3 amide bonds. The molecule has 1 fully saturated rings. The number of carbonyl (C=O) groups excluding carboxylic acids is 2. The van der Waals surface area contributed by atoms with E-state index in [2.05, 4.69) is 5.32 Å². The van der Waals surface area contributed by atoms with Crippen LogP contribution in [-0.4, -0.2) is 36.5 Å². The standard InChI is InChI=1S/C21H26N4O3.ClH/c22-13-15-9-10-25(14-15)20(26)12-19(24-21(23)27)16-5-4-8-18(11-16)28-17-6-2-1-3-7-17;/h1-8,11,15,19H,9-10,12-14,22H2,(H3,23,24,27);1H. The highest BCUT2D eigenvalue weighted by atomic mass is 35.5. The molecule has 2 aromatic rings. The van der Waals surface area contributed by atoms with Gasteiger partial charge in [-0.15, -0.1) is 12.4 Å². The van der Waals surface area contributed by atoms with Crippen molar-refractivity contribution >= 4 is 24.3 Å². The number of benzene rings is 2. The van der Waals surface area contributed by atoms with Gasteiger partial charge in [-0.25, -0.2) is 4.79 Å². The molecule has 1 aliphatic rings. The van der Waals surface area contributed by atoms with Gasteiger partial charge in [0.2, 0.25) is 5.91 Å². The number of ether oxygens (including phenoxy) is 1. The lowest BCUT2D eigenvalue weighted by Crippen LogP contribution is -2.38. The molecule has 8 heteroatoms. The fourth-order valence-corrected chi connectivity index (χ4v) is 3.40. The van der Waals surface area contributed by atoms with Crippen LogP contribution in [0.15, 0.2) is 54.6 Å². The van der Waals surface area contributed by atoms with Crippen molar-refractivity contribution < 1.29 is 14.3 Å². The van der Waals surface area contributed by atoms with E-state index in [4.69, 9.17) is 16.2 Å². The van der Waals surface area contributed by atoms with Crippen molar-refractivity contribution in [2.45, 2.75) is 18.9 Å². The van der Waals surface area contributed by atoms with Crippen molar-refractivity contribution in [3.63, 3.8) is 0 Å². The molecule has 29 heavy (non-hydrogen) atoms. The number of nitrogens with zero attached hydrogens (tertiary/aromatic N) is 1. The molecule has 1 heterocycles. The minimum absolute atomic E-state index is 0. The van der Waals surface area contributed by atoms with Gasteiger partial charge in [-0.3, -0.25) is 4.79 Å². The lowest BCUT2D eigenvalue weighted by molar-refractivity contribution is -0.130. The average molecular weight is 419 g/mol. The summed E-state index contributed by atoms with van der Waals surface area (Å²) in [4.78, 5) is 26.0. The molecule has 0 aromatic heterocycles. The molecule has 1 aliphatic heterocycles. The number of rotatable bonds is 7. The van der Waals surface area contributed by atoms with Crippen LogP contribution in [0.1, 0.15) is 24.4 Å². The summed E-state index contributed by atoms with van der Waals surface area (Å²) in [6, 6.07) is 15.5. The Labute approximate surface area is 176 Å². The Morgan fingerprint density at radius 2 is 1.86 bits per heavy atom. The zero-order chi connectivity index (χ0) is 19.9. The molecule has 0 aliphatic carbocycles. The predicted octanol–water partition coefficient (Wildman–Crippen LogP) is 2.81. The molecule has 2 atom stereocenters. The Hall–Kier alpha value is -2.77. The van der Waals surface area contributed by atoms with Gasteiger partial charge in [0.25, 0.3) is 0 Å². The minimum Gasteiger partial charge on any atom is -0.457 e. The first kappa shape index (κ1) is 22.5. The smallest absolute Gasteiger partial charge is 0.312 e. The number of hydrogen-bond donors (Lipinski definition) is 3. The molecule has 7 nitrogen and oxygen atoms in total. The van der Waals surface area contributed by atoms with Crippen molar-refractivity contribution in [2.75, 3.05) is 19.6 Å². The van der Waals surface area contributed by atoms with E-state index in [1.165, 1.54) is 0 Å². The summed E-state index contributed by atoms with van der Waals surface area (Å²) >= 11 is 0. The zero-order valence-corrected chi connectivity index (χ0v) is 16.9. The highest BCUT2D eigenvalue weighted by Crippen LogP contribution is 2.27. The van der Waals surface area contributed by atoms with Gasteiger partial charge in [0.05, 0.1) is 12.5 Å². The first-order chi connectivity index (χ1) is 13.5. The fraction of sp³-hybridized carbons (Fsp3) is 0.333. The van der Waals surface area contributed by atoms with E-state index in [0.717, 1.165) is 12.0 Å². The molecule has 0 radical (unpaired) electrons. The van der Waals surface area contributed by atoms with E-state index in [1.807, 2.05) is 54.6 Å². The number of carbonyl (C=O) groups is 2. The SMILES string of the molecule is Cl.NCC1CCN(C(=O)CC(NC(N)=O)c2cccc(Oc3ccccc3)c2)C1. The molecule has 0 spiro atoms. The largest absolute Gasteiger partial charge is 0.457 e. The zero-order valence-electron chi connectivity index (χ0n) is 16.1. The van der Waals surface area contributed by atoms with Gasteiger partial charge in [-0.1, -0.05) is 30.3 Å². The Morgan fingerprint density at radius 3 is 2.52 bits per heavy atom. The number of primary amides is 1. The van der Waals surface area contributed by atoms with Gasteiger partial charge < -0.3 is 26.4 Å². The van der Waals surface area contributed by atoms with E-state index < -0.39 is 12.1 Å². The maximum Gasteiger partial charge on any atom is 0.312 e. The van der Waals surface area contributed by atoms with Crippen LogP contribution in [0.2, 0.25) is 0 Å². The fourth-order valence-electron chi connectivity index (χ4n) is 3.40. The summed E-state index contributed by atoms with van der Waals surface area (Å²) in [5, 5.41) is 2.68. The summed E-state index contributed by atoms with van der Waals surface area (Å²) in [5.41, 5.74) is 11.8. The third-order valence-electron chi connectivity index (χ3n) is 4.91. The van der Waals surface area contributed by atoms with E-state index in [9.17, 15) is 9.59 Å². The van der Waals surface area contributed by atoms with Crippen LogP contribution in [0.3, 0.4) is 0 Å². The molecular weight excluding hydrogens is 392 g/mol. The number of nitrogens with two attached hydrogens (primary N) is 2. The van der Waals surface area contributed by atoms with Crippen molar-refractivity contribution in [2.24, 2.45) is 17.4 Å². The van der Waals surface area contributed by atoms with Crippen LogP contribution in [0.4, 0.5) is 4.79 Å². The Morgan fingerprint density at radius 1 is 1.14 bits per heavy atom. The first-order valence-corrected chi connectivity index (χ1v) is 9.42. The van der Waals surface area contributed by atoms with Crippen molar-refractivity contribution in [3.05, 3.63) is 60.2 Å². The minimum atomic E-state index is -0.673. The molecule has 5 N–H and O–H groups in total. The molecular formula is C21H27ClN4O3. The second-order valence-corrected chi connectivity index (χ2v) is 6.98. The molecule has 3 rings (SSSR count). The van der Waals surface area contributed by atoms with E-state index in [1.54, 1.807) is 4.90 Å². The second kappa shape index (κ2) is 10.7. The van der Waals surface area contributed by atoms with Gasteiger partial charge in [0, 0.05) is 13.1 Å². The van der Waals surface area contributed by atoms with Crippen LogP contribution in [0.5, 0.6) is 11.5 Å². The Bertz CT molecular complexity index is 819. The number of urea groups is 1. The number of likely N-dealkylation sites (tertiary alicyclic amines) is 1. The van der Waals surface area contributed by atoms with Crippen molar-refractivity contribution in [1.29, 1.82) is 0 Å². The second-order valence-electron chi connectivity index (χ2n) is 6.98. The molecule has 0 bridgehead atoms.